The van der Waals surface area contributed by atoms with Crippen LogP contribution >= 0.6 is 11.6 Å². The Morgan fingerprint density at radius 1 is 0.474 bits per heavy atom. The topological polar surface area (TPSA) is 329 Å². The van der Waals surface area contributed by atoms with Crippen LogP contribution in [-0.2, 0) is 30.6 Å². The maximum Gasteiger partial charge on any atom is 0.275 e. The molecule has 714 valence electrons. The van der Waals surface area contributed by atoms with Crippen molar-refractivity contribution in [2.75, 3.05) is 66.0 Å². The van der Waals surface area contributed by atoms with Gasteiger partial charge in [0.05, 0.1) is 58.1 Å². The average Bonchev–Trinajstić information content (AvgIpc) is 1.59. The van der Waals surface area contributed by atoms with Crippen LogP contribution in [-0.4, -0.2) is 239 Å². The lowest BCUT2D eigenvalue weighted by molar-refractivity contribution is -0.144. The number of hydrogen-bond donors (Lipinski definition) is 3. The number of nitrogens with zero attached hydrogens (tertiary/aromatic N) is 19. The van der Waals surface area contributed by atoms with Gasteiger partial charge in [0.2, 0.25) is 23.6 Å². The number of rotatable bonds is 10. The van der Waals surface area contributed by atoms with Crippen LogP contribution in [0.4, 0.5) is 22.0 Å². The van der Waals surface area contributed by atoms with E-state index in [2.05, 4.69) is 87.5 Å². The minimum Gasteiger partial charge on any atom is -0.352 e. The lowest BCUT2D eigenvalue weighted by Gasteiger charge is -2.46. The van der Waals surface area contributed by atoms with Crippen LogP contribution in [0.5, 0.6) is 0 Å². The Bertz CT molecular complexity index is 6710. The number of H-pyrrole nitrogens is 1. The maximum absolute atomic E-state index is 13.8. The standard InChI is InChI=1S/C28H37F2N7O2.2C24H28FN5O2.C23H25ClFN5O2/c1-17-13-21(33-32-17)24(38)35-11-12-36(27(5,6)16-35)25(39)22-15-37-23(31-22)19(26(2,3)4)14-20(34-37)18-7-9-28(29,30)10-8-18;1-14-11-15(25)7-8-16(14)18-12-17(23(2,3)4)20-27-19(13-30(20)28-18)21(31)29-10-9-26-22(32)24(29,5)6;1-14(2)17-12-19(16-7-8-18(25)15(3)11-16)27-30-13-20(26-21(17)30)22(31)29-10-9-28(6)23(32)24(29,4)5;1-22(2,3)14-11-17(13-6-7-16(25)15(24)10-13)28-30-12-18(27-19(14)30)20(31)29-9-8-26-21(32)23(29,4)5/h13-15,18H,7-12,16H2,1-6H3,(H,32,33);7-8,11-13H,9-10H2,1-6H3,(H,26,32);7-8,11-14H,9-10H2,1-6H3;6-7,10-12H,8-9H2,1-5H3,(H,26,32). The number of likely N-dealkylation sites (N-methyl/N-ethyl adjacent to an activating group) is 1. The molecule has 36 heteroatoms. The normalized spacial score (nSPS) is 17.4. The van der Waals surface area contributed by atoms with E-state index in [1.165, 1.54) is 35.2 Å². The summed E-state index contributed by atoms with van der Waals surface area (Å²) in [5, 5.41) is 31.2. The Balaban J connectivity index is 0.000000145. The first-order valence-electron chi connectivity index (χ1n) is 45.3. The molecule has 1 saturated carbocycles. The van der Waals surface area contributed by atoms with Gasteiger partial charge in [-0.3, -0.25) is 43.5 Å². The molecule has 30 nitrogen and oxygen atoms in total. The SMILES string of the molecule is CC(C)(C)c1cc(-c2ccc(F)c(Cl)c2)nn2cc(C(=O)N3CCNC(=O)C3(C)C)nc12.Cc1cc(-c2cc(C(C)C)c3nc(C(=O)N4CCN(C)C(=O)C4(C)C)cn3n2)ccc1F.Cc1cc(C(=O)N2CCN(C(=O)c3cn4nc(C5CCC(F)(F)CC5)cc(C(C)(C)C)c4n3)C(C)(C)C2)n[nH]1.Cc1cc(F)ccc1-c1cc(C(C)(C)C)c2nc(C(=O)N3CCNC(=O)C3(C)C)cn2n1. The summed E-state index contributed by atoms with van der Waals surface area (Å²) in [6.45, 7) is 45.9. The number of amides is 8. The number of fused-ring (bicyclic) bond motifs is 4. The van der Waals surface area contributed by atoms with Crippen molar-refractivity contribution in [1.29, 1.82) is 0 Å². The van der Waals surface area contributed by atoms with Crippen molar-refractivity contribution in [3.05, 3.63) is 205 Å². The highest BCUT2D eigenvalue weighted by molar-refractivity contribution is 6.31. The number of carbonyl (C=O) groups excluding carboxylic acids is 8. The Labute approximate surface area is 785 Å². The number of nitrogens with one attached hydrogen (secondary N) is 3. The van der Waals surface area contributed by atoms with Gasteiger partial charge in [-0.25, -0.2) is 59.9 Å². The molecule has 0 radical (unpaired) electrons. The van der Waals surface area contributed by atoms with Gasteiger partial charge in [-0.2, -0.15) is 25.5 Å². The van der Waals surface area contributed by atoms with Crippen LogP contribution in [0.25, 0.3) is 56.4 Å². The van der Waals surface area contributed by atoms with E-state index < -0.39 is 33.9 Å². The lowest BCUT2D eigenvalue weighted by atomic mass is 9.82. The van der Waals surface area contributed by atoms with Gasteiger partial charge in [-0.05, 0) is 207 Å². The molecule has 13 heterocycles. The average molecular weight is 1870 g/mol. The zero-order valence-electron chi connectivity index (χ0n) is 80.8. The zero-order valence-corrected chi connectivity index (χ0v) is 81.5. The first-order valence-corrected chi connectivity index (χ1v) is 45.7. The molecule has 1 aliphatic carbocycles. The summed E-state index contributed by atoms with van der Waals surface area (Å²) in [6.07, 6.45) is 6.92. The first-order chi connectivity index (χ1) is 62.9. The zero-order chi connectivity index (χ0) is 98.5. The number of imidazole rings is 4. The van der Waals surface area contributed by atoms with Gasteiger partial charge in [-0.1, -0.05) is 87.8 Å². The molecule has 4 aliphatic heterocycles. The quantitative estimate of drug-likeness (QED) is 0.107. The summed E-state index contributed by atoms with van der Waals surface area (Å²) in [5.41, 5.74) is 9.97. The molecule has 0 unspecified atom stereocenters. The molecule has 0 spiro atoms. The van der Waals surface area contributed by atoms with Crippen molar-refractivity contribution in [2.24, 2.45) is 0 Å². The highest BCUT2D eigenvalue weighted by Crippen LogP contribution is 2.43. The van der Waals surface area contributed by atoms with E-state index in [1.807, 2.05) is 86.6 Å². The van der Waals surface area contributed by atoms with Crippen LogP contribution in [0.15, 0.2) is 110 Å². The fourth-order valence-electron chi connectivity index (χ4n) is 17.8. The Hall–Kier alpha value is -13.0. The van der Waals surface area contributed by atoms with Gasteiger partial charge in [-0.15, -0.1) is 0 Å². The summed E-state index contributed by atoms with van der Waals surface area (Å²) in [6, 6.07) is 23.4. The molecule has 5 aliphatic rings. The Kier molecular flexibility index (Phi) is 26.4. The summed E-state index contributed by atoms with van der Waals surface area (Å²) in [4.78, 5) is 132. The molecule has 0 atom stereocenters. The fourth-order valence-corrected chi connectivity index (χ4v) is 18.0. The first kappa shape index (κ1) is 98.1. The van der Waals surface area contributed by atoms with Crippen LogP contribution in [0, 0.1) is 38.2 Å². The second-order valence-electron chi connectivity index (χ2n) is 41.2. The van der Waals surface area contributed by atoms with Crippen molar-refractivity contribution in [3.63, 3.8) is 0 Å². The number of alkyl halides is 2. The second kappa shape index (κ2) is 36.4. The van der Waals surface area contributed by atoms with Gasteiger partial charge < -0.3 is 40.0 Å². The van der Waals surface area contributed by atoms with Gasteiger partial charge in [0, 0.05) is 129 Å². The van der Waals surface area contributed by atoms with E-state index >= 15 is 0 Å². The third-order valence-electron chi connectivity index (χ3n) is 25.9. The Morgan fingerprint density at radius 3 is 1.39 bits per heavy atom. The largest absolute Gasteiger partial charge is 0.352 e. The molecule has 17 rings (SSSR count). The second-order valence-corrected chi connectivity index (χ2v) is 41.6. The number of benzene rings is 3. The number of aromatic amines is 1. The van der Waals surface area contributed by atoms with E-state index in [9.17, 15) is 60.3 Å². The molecule has 8 amide bonds. The van der Waals surface area contributed by atoms with E-state index in [4.69, 9.17) is 26.8 Å². The number of aryl methyl sites for hydroxylation is 3. The minimum absolute atomic E-state index is 0.00816. The maximum atomic E-state index is 13.8. The van der Waals surface area contributed by atoms with Crippen molar-refractivity contribution >= 4 is 81.4 Å². The van der Waals surface area contributed by atoms with Crippen molar-refractivity contribution in [1.82, 2.24) is 109 Å². The molecule has 3 aromatic carbocycles. The molecule has 5 fully saturated rings. The van der Waals surface area contributed by atoms with Crippen molar-refractivity contribution < 1.29 is 60.3 Å². The summed E-state index contributed by atoms with van der Waals surface area (Å²) < 4.78 is 75.1. The number of piperazine rings is 4. The van der Waals surface area contributed by atoms with E-state index in [1.54, 1.807) is 153 Å². The summed E-state index contributed by atoms with van der Waals surface area (Å²) >= 11 is 5.98. The minimum atomic E-state index is -2.61. The molecular formula is C99H118ClF5N22O8. The third kappa shape index (κ3) is 19.8. The fraction of sp³-hybridized carbons (Fsp3) is 0.465. The number of hydrogen-bond acceptors (Lipinski definition) is 17. The molecule has 9 aromatic heterocycles. The predicted molar refractivity (Wildman–Crippen MR) is 502 cm³/mol. The van der Waals surface area contributed by atoms with Crippen LogP contribution < -0.4 is 10.6 Å². The number of halogens is 6. The lowest BCUT2D eigenvalue weighted by Crippen LogP contribution is -2.63. The highest BCUT2D eigenvalue weighted by Gasteiger charge is 2.48. The van der Waals surface area contributed by atoms with Crippen molar-refractivity contribution in [3.8, 4) is 33.8 Å². The predicted octanol–water partition coefficient (Wildman–Crippen LogP) is 15.7. The van der Waals surface area contributed by atoms with E-state index in [0.717, 1.165) is 50.3 Å². The van der Waals surface area contributed by atoms with Gasteiger partial charge in [0.15, 0.2) is 22.6 Å². The summed E-state index contributed by atoms with van der Waals surface area (Å²) in [5.74, 6) is -5.43. The molecule has 12 aromatic rings. The van der Waals surface area contributed by atoms with Gasteiger partial charge >= 0.3 is 0 Å². The van der Waals surface area contributed by atoms with Gasteiger partial charge in [0.1, 0.15) is 62.5 Å². The van der Waals surface area contributed by atoms with E-state index in [0.29, 0.717) is 128 Å². The molecule has 4 saturated heterocycles. The van der Waals surface area contributed by atoms with Gasteiger partial charge in [0.25, 0.3) is 29.5 Å². The summed E-state index contributed by atoms with van der Waals surface area (Å²) in [7, 11) is 1.74. The molecular weight excluding hydrogens is 1760 g/mol. The number of aromatic nitrogens is 14. The van der Waals surface area contributed by atoms with Crippen molar-refractivity contribution in [2.45, 2.75) is 234 Å². The van der Waals surface area contributed by atoms with E-state index in [-0.39, 0.29) is 128 Å². The van der Waals surface area contributed by atoms with Crippen LogP contribution in [0.3, 0.4) is 0 Å². The highest BCUT2D eigenvalue weighted by atomic mass is 35.5. The smallest absolute Gasteiger partial charge is 0.275 e. The third-order valence-corrected chi connectivity index (χ3v) is 26.2. The molecule has 0 bridgehead atoms. The van der Waals surface area contributed by atoms with Crippen LogP contribution in [0.2, 0.25) is 5.02 Å². The Morgan fingerprint density at radius 2 is 0.919 bits per heavy atom. The molecule has 3 N–H and O–H groups in total. The monoisotopic (exact) mass is 1870 g/mol. The molecule has 135 heavy (non-hydrogen) atoms. The van der Waals surface area contributed by atoms with Crippen LogP contribution in [0.1, 0.15) is 266 Å². The number of carbonyl (C=O) groups is 8.